The molecule has 0 saturated heterocycles. The molecular formula is C15H18N4O4. The molecule has 0 aromatic carbocycles. The molecule has 8 heteroatoms. The fourth-order valence-corrected chi connectivity index (χ4v) is 2.90. The van der Waals surface area contributed by atoms with Crippen molar-refractivity contribution in [3.63, 3.8) is 0 Å². The van der Waals surface area contributed by atoms with Crippen LogP contribution < -0.4 is 5.32 Å². The van der Waals surface area contributed by atoms with Gasteiger partial charge in [-0.05, 0) is 25.8 Å². The van der Waals surface area contributed by atoms with Gasteiger partial charge in [0.25, 0.3) is 0 Å². The average Bonchev–Trinajstić information content (AvgIpc) is 3.02. The topological polar surface area (TPSA) is 118 Å². The summed E-state index contributed by atoms with van der Waals surface area (Å²) in [4.78, 5) is 26.8. The zero-order valence-corrected chi connectivity index (χ0v) is 12.9. The fraction of sp³-hybridized carbons (Fsp3) is 0.533. The highest BCUT2D eigenvalue weighted by Crippen LogP contribution is 2.40. The fourth-order valence-electron chi connectivity index (χ4n) is 2.90. The molecule has 1 N–H and O–H groups in total. The summed E-state index contributed by atoms with van der Waals surface area (Å²) < 4.78 is 5.15. The van der Waals surface area contributed by atoms with Crippen LogP contribution in [0.25, 0.3) is 0 Å². The first-order chi connectivity index (χ1) is 11.0. The molecule has 1 heterocycles. The molecule has 0 radical (unpaired) electrons. The van der Waals surface area contributed by atoms with E-state index >= 15 is 0 Å². The number of nitriles is 1. The van der Waals surface area contributed by atoms with E-state index in [1.165, 1.54) is 12.3 Å². The third-order valence-corrected chi connectivity index (χ3v) is 4.09. The molecular weight excluding hydrogens is 300 g/mol. The molecule has 1 aliphatic rings. The Bertz CT molecular complexity index is 647. The maximum absolute atomic E-state index is 12.3. The maximum atomic E-state index is 12.3. The van der Waals surface area contributed by atoms with Crippen LogP contribution in [-0.2, 0) is 9.53 Å². The van der Waals surface area contributed by atoms with Gasteiger partial charge in [-0.3, -0.25) is 14.9 Å². The van der Waals surface area contributed by atoms with Crippen LogP contribution >= 0.6 is 0 Å². The monoisotopic (exact) mass is 318 g/mol. The molecule has 1 aliphatic carbocycles. The van der Waals surface area contributed by atoms with Gasteiger partial charge in [0.05, 0.1) is 16.9 Å². The quantitative estimate of drug-likeness (QED) is 0.486. The molecule has 23 heavy (non-hydrogen) atoms. The van der Waals surface area contributed by atoms with E-state index < -0.39 is 10.3 Å². The number of rotatable bonds is 6. The summed E-state index contributed by atoms with van der Waals surface area (Å²) >= 11 is 0. The molecule has 1 saturated carbocycles. The van der Waals surface area contributed by atoms with Gasteiger partial charge in [-0.1, -0.05) is 12.8 Å². The van der Waals surface area contributed by atoms with Gasteiger partial charge >= 0.3 is 11.7 Å². The second kappa shape index (κ2) is 7.05. The Balaban J connectivity index is 2.24. The van der Waals surface area contributed by atoms with E-state index in [0.717, 1.165) is 12.8 Å². The van der Waals surface area contributed by atoms with E-state index in [1.807, 2.05) is 0 Å². The van der Waals surface area contributed by atoms with E-state index in [2.05, 4.69) is 10.3 Å². The van der Waals surface area contributed by atoms with E-state index in [4.69, 9.17) is 10.00 Å². The van der Waals surface area contributed by atoms with E-state index in [0.29, 0.717) is 19.4 Å². The highest BCUT2D eigenvalue weighted by molar-refractivity contribution is 5.78. The molecule has 8 nitrogen and oxygen atoms in total. The molecule has 0 unspecified atom stereocenters. The van der Waals surface area contributed by atoms with Crippen LogP contribution in [0.2, 0.25) is 0 Å². The zero-order valence-electron chi connectivity index (χ0n) is 12.9. The van der Waals surface area contributed by atoms with E-state index in [9.17, 15) is 14.9 Å². The van der Waals surface area contributed by atoms with Crippen LogP contribution in [0.5, 0.6) is 0 Å². The first-order valence-corrected chi connectivity index (χ1v) is 7.48. The van der Waals surface area contributed by atoms with Crippen molar-refractivity contribution >= 4 is 17.5 Å². The average molecular weight is 318 g/mol. The number of hydrogen-bond acceptors (Lipinski definition) is 7. The van der Waals surface area contributed by atoms with Crippen molar-refractivity contribution in [3.05, 3.63) is 27.9 Å². The van der Waals surface area contributed by atoms with Gasteiger partial charge in [-0.2, -0.15) is 5.26 Å². The Morgan fingerprint density at radius 1 is 1.57 bits per heavy atom. The lowest BCUT2D eigenvalue weighted by Crippen LogP contribution is -2.37. The number of aromatic nitrogens is 1. The third kappa shape index (κ3) is 3.39. The second-order valence-corrected chi connectivity index (χ2v) is 5.49. The number of carbonyl (C=O) groups excluding carboxylic acids is 1. The summed E-state index contributed by atoms with van der Waals surface area (Å²) in [6.45, 7) is 2.24. The Hall–Kier alpha value is -2.69. The highest BCUT2D eigenvalue weighted by atomic mass is 16.6. The zero-order chi connectivity index (χ0) is 16.9. The summed E-state index contributed by atoms with van der Waals surface area (Å²) in [5, 5.41) is 23.1. The minimum atomic E-state index is -0.686. The van der Waals surface area contributed by atoms with Crippen molar-refractivity contribution < 1.29 is 14.5 Å². The Morgan fingerprint density at radius 2 is 2.26 bits per heavy atom. The number of ether oxygens (including phenoxy) is 1. The molecule has 1 aromatic rings. The second-order valence-electron chi connectivity index (χ2n) is 5.49. The van der Waals surface area contributed by atoms with Crippen molar-refractivity contribution in [3.8, 4) is 6.07 Å². The normalized spacial score (nSPS) is 15.7. The van der Waals surface area contributed by atoms with E-state index in [1.54, 1.807) is 13.0 Å². The van der Waals surface area contributed by atoms with Crippen LogP contribution in [0.3, 0.4) is 0 Å². The first kappa shape index (κ1) is 16.7. The smallest absolute Gasteiger partial charge is 0.328 e. The van der Waals surface area contributed by atoms with Crippen molar-refractivity contribution in [2.75, 3.05) is 18.5 Å². The SMILES string of the molecule is CCOC(=O)C1(CNc2nccc(C#N)c2[N+](=O)[O-])CCCC1. The Morgan fingerprint density at radius 3 is 2.83 bits per heavy atom. The number of pyridine rings is 1. The van der Waals surface area contributed by atoms with Crippen molar-refractivity contribution in [2.24, 2.45) is 5.41 Å². The number of carbonyl (C=O) groups is 1. The van der Waals surface area contributed by atoms with Gasteiger partial charge in [0.15, 0.2) is 0 Å². The van der Waals surface area contributed by atoms with Crippen molar-refractivity contribution in [1.82, 2.24) is 4.98 Å². The number of anilines is 1. The van der Waals surface area contributed by atoms with Gasteiger partial charge in [-0.15, -0.1) is 0 Å². The molecule has 2 rings (SSSR count). The molecule has 0 bridgehead atoms. The van der Waals surface area contributed by atoms with Crippen LogP contribution in [0.15, 0.2) is 12.3 Å². The van der Waals surface area contributed by atoms with Crippen molar-refractivity contribution in [2.45, 2.75) is 32.6 Å². The lowest BCUT2D eigenvalue weighted by Gasteiger charge is -2.26. The summed E-state index contributed by atoms with van der Waals surface area (Å²) in [7, 11) is 0. The predicted molar refractivity (Wildman–Crippen MR) is 81.6 cm³/mol. The number of nitro groups is 1. The van der Waals surface area contributed by atoms with Gasteiger partial charge in [-0.25, -0.2) is 4.98 Å². The molecule has 0 aliphatic heterocycles. The summed E-state index contributed by atoms with van der Waals surface area (Å²) in [6, 6.07) is 3.08. The summed E-state index contributed by atoms with van der Waals surface area (Å²) in [6.07, 6.45) is 4.50. The molecule has 0 spiro atoms. The molecule has 0 atom stereocenters. The summed E-state index contributed by atoms with van der Waals surface area (Å²) in [5.74, 6) is -0.284. The molecule has 1 aromatic heterocycles. The standard InChI is InChI=1S/C15H18N4O4/c1-2-23-14(20)15(6-3-4-7-15)10-18-13-12(19(21)22)11(9-16)5-8-17-13/h5,8H,2-4,6-7,10H2,1H3,(H,17,18). The third-order valence-electron chi connectivity index (χ3n) is 4.09. The lowest BCUT2D eigenvalue weighted by atomic mass is 9.86. The minimum Gasteiger partial charge on any atom is -0.466 e. The van der Waals surface area contributed by atoms with Gasteiger partial charge < -0.3 is 10.1 Å². The molecule has 1 fully saturated rings. The van der Waals surface area contributed by atoms with Gasteiger partial charge in [0.1, 0.15) is 11.6 Å². The largest absolute Gasteiger partial charge is 0.466 e. The van der Waals surface area contributed by atoms with E-state index in [-0.39, 0.29) is 29.6 Å². The number of esters is 1. The lowest BCUT2D eigenvalue weighted by molar-refractivity contribution is -0.384. The number of nitrogens with one attached hydrogen (secondary N) is 1. The highest BCUT2D eigenvalue weighted by Gasteiger charge is 2.42. The van der Waals surface area contributed by atoms with Crippen LogP contribution in [-0.4, -0.2) is 29.0 Å². The first-order valence-electron chi connectivity index (χ1n) is 7.48. The molecule has 0 amide bonds. The number of hydrogen-bond donors (Lipinski definition) is 1. The van der Waals surface area contributed by atoms with Gasteiger partial charge in [0.2, 0.25) is 5.82 Å². The maximum Gasteiger partial charge on any atom is 0.328 e. The van der Waals surface area contributed by atoms with Crippen LogP contribution in [0, 0.1) is 26.9 Å². The Kier molecular flexibility index (Phi) is 5.11. The summed E-state index contributed by atoms with van der Waals surface area (Å²) in [5.41, 5.74) is -1.12. The van der Waals surface area contributed by atoms with Crippen LogP contribution in [0.4, 0.5) is 11.5 Å². The predicted octanol–water partition coefficient (Wildman–Crippen LogP) is 2.40. The Labute approximate surface area is 133 Å². The minimum absolute atomic E-state index is 0.00428. The number of nitrogens with zero attached hydrogens (tertiary/aromatic N) is 3. The van der Waals surface area contributed by atoms with Crippen molar-refractivity contribution in [1.29, 1.82) is 5.26 Å². The van der Waals surface area contributed by atoms with Gasteiger partial charge in [0, 0.05) is 12.7 Å². The molecule has 122 valence electrons. The van der Waals surface area contributed by atoms with Crippen LogP contribution in [0.1, 0.15) is 38.2 Å².